The van der Waals surface area contributed by atoms with Crippen LogP contribution in [-0.4, -0.2) is 48.1 Å². The molecule has 0 aromatic carbocycles. The van der Waals surface area contributed by atoms with E-state index < -0.39 is 0 Å². The molecule has 1 aliphatic rings. The first kappa shape index (κ1) is 17.4. The van der Waals surface area contributed by atoms with Crippen LogP contribution in [0.15, 0.2) is 0 Å². The van der Waals surface area contributed by atoms with Crippen LogP contribution < -0.4 is 10.6 Å². The maximum Gasteiger partial charge on any atom is 0.237 e. The zero-order valence-electron chi connectivity index (χ0n) is 14.1. The number of nitrogens with one attached hydrogen (secondary N) is 2. The van der Waals surface area contributed by atoms with Crippen molar-refractivity contribution in [1.29, 1.82) is 0 Å². The van der Waals surface area contributed by atoms with Gasteiger partial charge in [-0.2, -0.15) is 0 Å². The van der Waals surface area contributed by atoms with E-state index in [4.69, 9.17) is 0 Å². The highest BCUT2D eigenvalue weighted by atomic mass is 16.2. The summed E-state index contributed by atoms with van der Waals surface area (Å²) in [5.41, 5.74) is -0.120. The third kappa shape index (κ3) is 4.45. The van der Waals surface area contributed by atoms with Crippen molar-refractivity contribution >= 4 is 5.91 Å². The third-order valence-electron chi connectivity index (χ3n) is 4.85. The first-order valence-corrected chi connectivity index (χ1v) is 8.07. The van der Waals surface area contributed by atoms with Gasteiger partial charge in [-0.3, -0.25) is 9.69 Å². The molecule has 2 N–H and O–H groups in total. The number of likely N-dealkylation sites (N-methyl/N-ethyl adjacent to an activating group) is 1. The number of piperidine rings is 1. The number of carbonyl (C=O) groups excluding carboxylic acids is 1. The van der Waals surface area contributed by atoms with E-state index in [2.05, 4.69) is 43.2 Å². The molecule has 3 atom stereocenters. The van der Waals surface area contributed by atoms with Gasteiger partial charge in [0, 0.05) is 17.6 Å². The smallest absolute Gasteiger partial charge is 0.237 e. The first-order valence-electron chi connectivity index (χ1n) is 8.07. The molecule has 20 heavy (non-hydrogen) atoms. The molecule has 1 amide bonds. The van der Waals surface area contributed by atoms with Crippen molar-refractivity contribution in [3.63, 3.8) is 0 Å². The van der Waals surface area contributed by atoms with Crippen LogP contribution in [0, 0.1) is 0 Å². The predicted octanol–water partition coefficient (Wildman–Crippen LogP) is 2.14. The summed E-state index contributed by atoms with van der Waals surface area (Å²) in [6.07, 6.45) is 4.59. The molecule has 0 spiro atoms. The summed E-state index contributed by atoms with van der Waals surface area (Å²) in [6, 6.07) is 0.825. The molecule has 4 nitrogen and oxygen atoms in total. The van der Waals surface area contributed by atoms with Crippen molar-refractivity contribution in [2.45, 2.75) is 84.0 Å². The van der Waals surface area contributed by atoms with Gasteiger partial charge in [-0.25, -0.2) is 0 Å². The number of likely N-dealkylation sites (tertiary alicyclic amines) is 1. The van der Waals surface area contributed by atoms with Gasteiger partial charge in [-0.05, 0) is 60.5 Å². The van der Waals surface area contributed by atoms with Gasteiger partial charge in [0.05, 0.1) is 6.04 Å². The summed E-state index contributed by atoms with van der Waals surface area (Å²) in [7, 11) is 2.00. The van der Waals surface area contributed by atoms with Gasteiger partial charge >= 0.3 is 0 Å². The summed E-state index contributed by atoms with van der Waals surface area (Å²) in [6.45, 7) is 11.6. The van der Waals surface area contributed by atoms with Gasteiger partial charge < -0.3 is 10.6 Å². The molecule has 0 aliphatic carbocycles. The number of nitrogens with zero attached hydrogens (tertiary/aromatic N) is 1. The minimum absolute atomic E-state index is 0.0538. The monoisotopic (exact) mass is 283 g/mol. The van der Waals surface area contributed by atoms with Crippen LogP contribution in [-0.2, 0) is 4.79 Å². The average Bonchev–Trinajstić information content (AvgIpc) is 2.45. The lowest BCUT2D eigenvalue weighted by Crippen LogP contribution is -2.59. The van der Waals surface area contributed by atoms with Gasteiger partial charge in [0.1, 0.15) is 0 Å². The fourth-order valence-electron chi connectivity index (χ4n) is 2.87. The zero-order valence-corrected chi connectivity index (χ0v) is 14.1. The Labute approximate surface area is 124 Å². The predicted molar refractivity (Wildman–Crippen MR) is 84.8 cm³/mol. The first-order chi connectivity index (χ1) is 9.32. The van der Waals surface area contributed by atoms with Crippen LogP contribution in [0.1, 0.15) is 60.3 Å². The van der Waals surface area contributed by atoms with Gasteiger partial charge in [0.15, 0.2) is 0 Å². The van der Waals surface area contributed by atoms with E-state index in [0.29, 0.717) is 12.1 Å². The molecule has 118 valence electrons. The van der Waals surface area contributed by atoms with Crippen molar-refractivity contribution in [3.05, 3.63) is 0 Å². The van der Waals surface area contributed by atoms with Crippen LogP contribution in [0.4, 0.5) is 0 Å². The lowest BCUT2D eigenvalue weighted by molar-refractivity contribution is -0.129. The van der Waals surface area contributed by atoms with E-state index in [1.54, 1.807) is 0 Å². The summed E-state index contributed by atoms with van der Waals surface area (Å²) in [5.74, 6) is 0.159. The summed E-state index contributed by atoms with van der Waals surface area (Å²) in [5, 5.41) is 6.52. The number of carbonyl (C=O) groups is 1. The van der Waals surface area contributed by atoms with E-state index in [1.165, 1.54) is 19.3 Å². The highest BCUT2D eigenvalue weighted by Gasteiger charge is 2.34. The third-order valence-corrected chi connectivity index (χ3v) is 4.85. The second-order valence-corrected chi connectivity index (χ2v) is 6.78. The molecule has 1 rings (SSSR count). The molecular formula is C16H33N3O. The zero-order chi connectivity index (χ0) is 15.3. The highest BCUT2D eigenvalue weighted by Crippen LogP contribution is 2.22. The molecule has 4 heteroatoms. The molecule has 0 saturated carbocycles. The number of rotatable bonds is 6. The Morgan fingerprint density at radius 3 is 2.55 bits per heavy atom. The Morgan fingerprint density at radius 1 is 1.35 bits per heavy atom. The second kappa shape index (κ2) is 7.41. The molecule has 0 bridgehead atoms. The van der Waals surface area contributed by atoms with Gasteiger partial charge in [-0.1, -0.05) is 13.3 Å². The fraction of sp³-hybridized carbons (Fsp3) is 0.938. The molecule has 0 radical (unpaired) electrons. The summed E-state index contributed by atoms with van der Waals surface area (Å²) < 4.78 is 0. The molecule has 1 heterocycles. The molecule has 0 aromatic rings. The van der Waals surface area contributed by atoms with Crippen molar-refractivity contribution in [1.82, 2.24) is 15.5 Å². The maximum atomic E-state index is 12.5. The minimum Gasteiger partial charge on any atom is -0.350 e. The lowest BCUT2D eigenvalue weighted by atomic mass is 9.94. The largest absolute Gasteiger partial charge is 0.350 e. The van der Waals surface area contributed by atoms with E-state index in [-0.39, 0.29) is 17.5 Å². The van der Waals surface area contributed by atoms with Gasteiger partial charge in [0.2, 0.25) is 5.91 Å². The summed E-state index contributed by atoms with van der Waals surface area (Å²) in [4.78, 5) is 14.9. The SMILES string of the molecule is CCC(C)(C)NC(=O)C(C)N1CCCCC1C(C)NC. The van der Waals surface area contributed by atoms with Gasteiger partial charge in [0.25, 0.3) is 0 Å². The van der Waals surface area contributed by atoms with Gasteiger partial charge in [-0.15, -0.1) is 0 Å². The molecule has 0 aromatic heterocycles. The van der Waals surface area contributed by atoms with E-state index in [1.807, 2.05) is 14.0 Å². The lowest BCUT2D eigenvalue weighted by Gasteiger charge is -2.42. The van der Waals surface area contributed by atoms with Crippen molar-refractivity contribution in [3.8, 4) is 0 Å². The standard InChI is InChI=1S/C16H33N3O/c1-7-16(4,5)18-15(20)13(3)19-11-9-8-10-14(19)12(2)17-6/h12-14,17H,7-11H2,1-6H3,(H,18,20). The second-order valence-electron chi connectivity index (χ2n) is 6.78. The van der Waals surface area contributed by atoms with Crippen LogP contribution >= 0.6 is 0 Å². The Morgan fingerprint density at radius 2 is 2.00 bits per heavy atom. The van der Waals surface area contributed by atoms with Crippen LogP contribution in [0.25, 0.3) is 0 Å². The molecule has 1 fully saturated rings. The van der Waals surface area contributed by atoms with Crippen molar-refractivity contribution < 1.29 is 4.79 Å². The maximum absolute atomic E-state index is 12.5. The Hall–Kier alpha value is -0.610. The number of amides is 1. The molecule has 3 unspecified atom stereocenters. The minimum atomic E-state index is -0.120. The van der Waals surface area contributed by atoms with Crippen LogP contribution in [0.3, 0.4) is 0 Å². The topological polar surface area (TPSA) is 44.4 Å². The summed E-state index contributed by atoms with van der Waals surface area (Å²) >= 11 is 0. The van der Waals surface area contributed by atoms with Crippen LogP contribution in [0.5, 0.6) is 0 Å². The van der Waals surface area contributed by atoms with Crippen molar-refractivity contribution in [2.75, 3.05) is 13.6 Å². The Kier molecular flexibility index (Phi) is 6.46. The molecule has 1 saturated heterocycles. The Bertz CT molecular complexity index is 317. The highest BCUT2D eigenvalue weighted by molar-refractivity contribution is 5.82. The molecule has 1 aliphatic heterocycles. The van der Waals surface area contributed by atoms with Crippen molar-refractivity contribution in [2.24, 2.45) is 0 Å². The molecular weight excluding hydrogens is 250 g/mol. The Balaban J connectivity index is 2.72. The van der Waals surface area contributed by atoms with E-state index in [0.717, 1.165) is 13.0 Å². The van der Waals surface area contributed by atoms with E-state index in [9.17, 15) is 4.79 Å². The average molecular weight is 283 g/mol. The fourth-order valence-corrected chi connectivity index (χ4v) is 2.87. The normalized spacial score (nSPS) is 24.2. The number of hydrogen-bond donors (Lipinski definition) is 2. The van der Waals surface area contributed by atoms with E-state index >= 15 is 0 Å². The van der Waals surface area contributed by atoms with Crippen LogP contribution in [0.2, 0.25) is 0 Å². The number of hydrogen-bond acceptors (Lipinski definition) is 3. The quantitative estimate of drug-likeness (QED) is 0.785.